The normalized spacial score (nSPS) is 25.1. The first-order valence-electron chi connectivity index (χ1n) is 6.73. The molecule has 0 spiro atoms. The number of rotatable bonds is 4. The lowest BCUT2D eigenvalue weighted by Gasteiger charge is -2.29. The minimum atomic E-state index is -3.01. The Morgan fingerprint density at radius 3 is 2.75 bits per heavy atom. The Balaban J connectivity index is 2.33. The van der Waals surface area contributed by atoms with E-state index >= 15 is 0 Å². The van der Waals surface area contributed by atoms with E-state index in [1.807, 2.05) is 19.1 Å². The van der Waals surface area contributed by atoms with Crippen molar-refractivity contribution in [3.8, 4) is 11.5 Å². The van der Waals surface area contributed by atoms with Gasteiger partial charge in [0.25, 0.3) is 0 Å². The van der Waals surface area contributed by atoms with Gasteiger partial charge in [0.05, 0.1) is 25.2 Å². The Kier molecular flexibility index (Phi) is 4.55. The predicted octanol–water partition coefficient (Wildman–Crippen LogP) is 1.32. The molecule has 0 radical (unpaired) electrons. The first-order valence-corrected chi connectivity index (χ1v) is 8.55. The van der Waals surface area contributed by atoms with Gasteiger partial charge in [-0.2, -0.15) is 0 Å². The average Bonchev–Trinajstić information content (AvgIpc) is 2.42. The molecule has 6 heteroatoms. The van der Waals surface area contributed by atoms with E-state index in [1.54, 1.807) is 13.2 Å². The van der Waals surface area contributed by atoms with Crippen LogP contribution in [0, 0.1) is 0 Å². The molecule has 1 aliphatic rings. The smallest absolute Gasteiger partial charge is 0.161 e. The summed E-state index contributed by atoms with van der Waals surface area (Å²) in [6, 6.07) is 5.37. The first kappa shape index (κ1) is 15.1. The summed E-state index contributed by atoms with van der Waals surface area (Å²) in [6.45, 7) is 2.41. The van der Waals surface area contributed by atoms with Crippen LogP contribution < -0.4 is 15.2 Å². The van der Waals surface area contributed by atoms with Gasteiger partial charge in [-0.15, -0.1) is 0 Å². The van der Waals surface area contributed by atoms with Gasteiger partial charge in [0.1, 0.15) is 0 Å². The maximum atomic E-state index is 11.8. The fraction of sp³-hybridized carbons (Fsp3) is 0.571. The van der Waals surface area contributed by atoms with Gasteiger partial charge in [0.15, 0.2) is 21.3 Å². The number of nitrogens with two attached hydrogens (primary N) is 1. The van der Waals surface area contributed by atoms with E-state index in [-0.39, 0.29) is 23.5 Å². The summed E-state index contributed by atoms with van der Waals surface area (Å²) in [5.41, 5.74) is 6.98. The van der Waals surface area contributed by atoms with Crippen molar-refractivity contribution in [2.75, 3.05) is 25.2 Å². The Labute approximate surface area is 120 Å². The van der Waals surface area contributed by atoms with Crippen LogP contribution in [0.1, 0.15) is 24.8 Å². The second kappa shape index (κ2) is 6.01. The number of ether oxygens (including phenoxy) is 2. The summed E-state index contributed by atoms with van der Waals surface area (Å²) in [6.07, 6.45) is 0.503. The molecular weight excluding hydrogens is 278 g/mol. The highest BCUT2D eigenvalue weighted by Gasteiger charge is 2.32. The minimum absolute atomic E-state index is 0.103. The summed E-state index contributed by atoms with van der Waals surface area (Å²) in [4.78, 5) is 0. The van der Waals surface area contributed by atoms with E-state index in [2.05, 4.69) is 0 Å². The third-order valence-electron chi connectivity index (χ3n) is 3.63. The van der Waals surface area contributed by atoms with E-state index < -0.39 is 9.84 Å². The zero-order valence-corrected chi connectivity index (χ0v) is 12.7. The molecule has 0 aliphatic carbocycles. The fourth-order valence-corrected chi connectivity index (χ4v) is 4.32. The Bertz CT molecular complexity index is 571. The van der Waals surface area contributed by atoms with E-state index in [0.29, 0.717) is 24.5 Å². The molecule has 1 aromatic rings. The highest BCUT2D eigenvalue weighted by Crippen LogP contribution is 2.34. The van der Waals surface area contributed by atoms with Gasteiger partial charge < -0.3 is 15.2 Å². The maximum absolute atomic E-state index is 11.8. The van der Waals surface area contributed by atoms with E-state index in [4.69, 9.17) is 15.2 Å². The van der Waals surface area contributed by atoms with Crippen LogP contribution in [0.5, 0.6) is 11.5 Å². The fourth-order valence-electron chi connectivity index (χ4n) is 2.53. The molecule has 2 atom stereocenters. The van der Waals surface area contributed by atoms with Crippen LogP contribution in [-0.2, 0) is 9.84 Å². The second-order valence-electron chi connectivity index (χ2n) is 5.02. The second-order valence-corrected chi connectivity index (χ2v) is 7.25. The van der Waals surface area contributed by atoms with Crippen LogP contribution in [0.25, 0.3) is 0 Å². The van der Waals surface area contributed by atoms with Gasteiger partial charge in [-0.25, -0.2) is 8.42 Å². The predicted molar refractivity (Wildman–Crippen MR) is 78.2 cm³/mol. The highest BCUT2D eigenvalue weighted by atomic mass is 32.2. The third-order valence-corrected chi connectivity index (χ3v) is 5.35. The van der Waals surface area contributed by atoms with Gasteiger partial charge in [-0.05, 0) is 31.0 Å². The zero-order chi connectivity index (χ0) is 14.8. The summed E-state index contributed by atoms with van der Waals surface area (Å²) in [5, 5.41) is 0. The quantitative estimate of drug-likeness (QED) is 0.907. The number of sulfone groups is 1. The molecule has 0 unspecified atom stereocenters. The van der Waals surface area contributed by atoms with Gasteiger partial charge in [-0.3, -0.25) is 0 Å². The molecule has 20 heavy (non-hydrogen) atoms. The van der Waals surface area contributed by atoms with E-state index in [0.717, 1.165) is 5.56 Å². The Hall–Kier alpha value is -1.27. The molecular formula is C14H21NO4S. The SMILES string of the molecule is CCOc1cc([C@H]2CS(=O)(=O)CC[C@H]2N)ccc1OC. The lowest BCUT2D eigenvalue weighted by Crippen LogP contribution is -2.40. The summed E-state index contributed by atoms with van der Waals surface area (Å²) >= 11 is 0. The largest absolute Gasteiger partial charge is 0.493 e. The molecule has 0 amide bonds. The van der Waals surface area contributed by atoms with Crippen LogP contribution in [0.15, 0.2) is 18.2 Å². The molecule has 0 bridgehead atoms. The molecule has 5 nitrogen and oxygen atoms in total. The lowest BCUT2D eigenvalue weighted by atomic mass is 9.91. The topological polar surface area (TPSA) is 78.6 Å². The third kappa shape index (κ3) is 3.24. The van der Waals surface area contributed by atoms with Crippen molar-refractivity contribution in [3.05, 3.63) is 23.8 Å². The van der Waals surface area contributed by atoms with Gasteiger partial charge >= 0.3 is 0 Å². The molecule has 112 valence electrons. The molecule has 0 aromatic heterocycles. The van der Waals surface area contributed by atoms with Gasteiger partial charge in [-0.1, -0.05) is 6.07 Å². The van der Waals surface area contributed by atoms with Crippen molar-refractivity contribution in [1.29, 1.82) is 0 Å². The minimum Gasteiger partial charge on any atom is -0.493 e. The molecule has 1 heterocycles. The molecule has 1 aromatic carbocycles. The van der Waals surface area contributed by atoms with Crippen molar-refractivity contribution in [1.82, 2.24) is 0 Å². The summed E-state index contributed by atoms with van der Waals surface area (Å²) in [7, 11) is -1.43. The standard InChI is InChI=1S/C14H21NO4S/c1-3-19-14-8-10(4-5-13(14)18-2)11-9-20(16,17)7-6-12(11)15/h4-5,8,11-12H,3,6-7,9,15H2,1-2H3/t11-,12-/m1/s1. The van der Waals surface area contributed by atoms with Crippen LogP contribution in [0.3, 0.4) is 0 Å². The van der Waals surface area contributed by atoms with Crippen molar-refractivity contribution in [2.24, 2.45) is 5.73 Å². The van der Waals surface area contributed by atoms with Gasteiger partial charge in [0, 0.05) is 12.0 Å². The summed E-state index contributed by atoms with van der Waals surface area (Å²) < 4.78 is 34.4. The van der Waals surface area contributed by atoms with Crippen molar-refractivity contribution in [3.63, 3.8) is 0 Å². The Morgan fingerprint density at radius 2 is 2.10 bits per heavy atom. The highest BCUT2D eigenvalue weighted by molar-refractivity contribution is 7.91. The van der Waals surface area contributed by atoms with Crippen LogP contribution in [-0.4, -0.2) is 39.7 Å². The molecule has 2 N–H and O–H groups in total. The lowest BCUT2D eigenvalue weighted by molar-refractivity contribution is 0.310. The number of methoxy groups -OCH3 is 1. The zero-order valence-electron chi connectivity index (χ0n) is 11.8. The summed E-state index contributed by atoms with van der Waals surface area (Å²) in [5.74, 6) is 1.37. The molecule has 1 aliphatic heterocycles. The number of benzene rings is 1. The first-order chi connectivity index (χ1) is 9.46. The number of hydrogen-bond donors (Lipinski definition) is 1. The average molecular weight is 299 g/mol. The monoisotopic (exact) mass is 299 g/mol. The van der Waals surface area contributed by atoms with Crippen molar-refractivity contribution >= 4 is 9.84 Å². The molecule has 1 saturated heterocycles. The van der Waals surface area contributed by atoms with E-state index in [1.165, 1.54) is 0 Å². The van der Waals surface area contributed by atoms with Crippen LogP contribution in [0.2, 0.25) is 0 Å². The molecule has 1 fully saturated rings. The Morgan fingerprint density at radius 1 is 1.35 bits per heavy atom. The molecule has 2 rings (SSSR count). The maximum Gasteiger partial charge on any atom is 0.161 e. The molecule has 0 saturated carbocycles. The van der Waals surface area contributed by atoms with E-state index in [9.17, 15) is 8.42 Å². The van der Waals surface area contributed by atoms with Crippen molar-refractivity contribution < 1.29 is 17.9 Å². The van der Waals surface area contributed by atoms with Crippen molar-refractivity contribution in [2.45, 2.75) is 25.3 Å². The number of hydrogen-bond acceptors (Lipinski definition) is 5. The van der Waals surface area contributed by atoms with Crippen LogP contribution >= 0.6 is 0 Å². The van der Waals surface area contributed by atoms with Crippen LogP contribution in [0.4, 0.5) is 0 Å². The van der Waals surface area contributed by atoms with Gasteiger partial charge in [0.2, 0.25) is 0 Å².